The number of halogens is 4. The minimum absolute atomic E-state index is 0.0166. The Kier molecular flexibility index (Phi) is 6.14. The van der Waals surface area contributed by atoms with Crippen LogP contribution in [-0.2, 0) is 9.59 Å². The zero-order valence-corrected chi connectivity index (χ0v) is 16.2. The van der Waals surface area contributed by atoms with Gasteiger partial charge in [-0.25, -0.2) is 0 Å². The number of hydrogen-bond donors (Lipinski definition) is 2. The third kappa shape index (κ3) is 4.89. The number of carbonyl (C=O) groups excluding carboxylic acids is 2. The molecule has 29 heavy (non-hydrogen) atoms. The number of nitrogens with zero attached hydrogens (tertiary/aromatic N) is 1. The van der Waals surface area contributed by atoms with Crippen LogP contribution in [-0.4, -0.2) is 30.6 Å². The summed E-state index contributed by atoms with van der Waals surface area (Å²) in [5.74, 6) is -1.58. The average Bonchev–Trinajstić information content (AvgIpc) is 2.81. The van der Waals surface area contributed by atoms with Crippen molar-refractivity contribution in [2.24, 2.45) is 0 Å². The predicted molar refractivity (Wildman–Crippen MR) is 105 cm³/mol. The maximum atomic E-state index is 13.7. The van der Waals surface area contributed by atoms with E-state index >= 15 is 0 Å². The number of anilines is 2. The van der Waals surface area contributed by atoms with Crippen molar-refractivity contribution in [2.45, 2.75) is 31.6 Å². The monoisotopic (exact) mass is 425 g/mol. The van der Waals surface area contributed by atoms with Crippen molar-refractivity contribution in [1.82, 2.24) is 5.32 Å². The van der Waals surface area contributed by atoms with Gasteiger partial charge in [-0.05, 0) is 36.8 Å². The zero-order valence-electron chi connectivity index (χ0n) is 15.5. The SMILES string of the molecule is CC(NCC(=O)N1c2ccccc2NC(=O)CC1C(F)(F)F)c1cccc(Cl)c1. The first kappa shape index (κ1) is 21.1. The molecule has 0 saturated carbocycles. The lowest BCUT2D eigenvalue weighted by Crippen LogP contribution is -2.52. The van der Waals surface area contributed by atoms with Crippen LogP contribution in [0.5, 0.6) is 0 Å². The number of nitrogens with one attached hydrogen (secondary N) is 2. The molecular weight excluding hydrogens is 407 g/mol. The summed E-state index contributed by atoms with van der Waals surface area (Å²) in [6.45, 7) is 1.43. The van der Waals surface area contributed by atoms with Gasteiger partial charge in [0.25, 0.3) is 0 Å². The van der Waals surface area contributed by atoms with Gasteiger partial charge in [0, 0.05) is 11.1 Å². The van der Waals surface area contributed by atoms with Gasteiger partial charge in [0.05, 0.1) is 24.3 Å². The van der Waals surface area contributed by atoms with Crippen LogP contribution in [0.4, 0.5) is 24.5 Å². The van der Waals surface area contributed by atoms with Crippen molar-refractivity contribution < 1.29 is 22.8 Å². The Hall–Kier alpha value is -2.58. The lowest BCUT2D eigenvalue weighted by atomic mass is 10.1. The summed E-state index contributed by atoms with van der Waals surface area (Å²) >= 11 is 5.96. The number of amides is 2. The molecule has 2 unspecified atom stereocenters. The van der Waals surface area contributed by atoms with Gasteiger partial charge in [0.2, 0.25) is 11.8 Å². The number of carbonyl (C=O) groups is 2. The Bertz CT molecular complexity index is 920. The van der Waals surface area contributed by atoms with Gasteiger partial charge in [-0.3, -0.25) is 14.5 Å². The van der Waals surface area contributed by atoms with Crippen LogP contribution < -0.4 is 15.5 Å². The first-order valence-corrected chi connectivity index (χ1v) is 9.31. The highest BCUT2D eigenvalue weighted by Gasteiger charge is 2.48. The summed E-state index contributed by atoms with van der Waals surface area (Å²) in [6, 6.07) is 10.4. The van der Waals surface area contributed by atoms with E-state index in [9.17, 15) is 22.8 Å². The molecule has 0 aliphatic carbocycles. The van der Waals surface area contributed by atoms with E-state index in [4.69, 9.17) is 11.6 Å². The number of alkyl halides is 3. The Balaban J connectivity index is 1.86. The molecule has 1 aliphatic rings. The van der Waals surface area contributed by atoms with Gasteiger partial charge in [0.1, 0.15) is 6.04 Å². The number of benzene rings is 2. The number of para-hydroxylation sites is 2. The van der Waals surface area contributed by atoms with Crippen molar-refractivity contribution in [1.29, 1.82) is 0 Å². The highest BCUT2D eigenvalue weighted by Crippen LogP contribution is 2.37. The van der Waals surface area contributed by atoms with Crippen molar-refractivity contribution >= 4 is 34.8 Å². The molecular formula is C20H19ClF3N3O2. The van der Waals surface area contributed by atoms with E-state index in [0.717, 1.165) is 5.56 Å². The Labute approximate surface area is 170 Å². The second kappa shape index (κ2) is 8.42. The van der Waals surface area contributed by atoms with Crippen LogP contribution >= 0.6 is 11.6 Å². The first-order chi connectivity index (χ1) is 13.7. The molecule has 9 heteroatoms. The Morgan fingerprint density at radius 3 is 2.69 bits per heavy atom. The lowest BCUT2D eigenvalue weighted by Gasteiger charge is -2.32. The van der Waals surface area contributed by atoms with E-state index in [1.807, 2.05) is 0 Å². The van der Waals surface area contributed by atoms with E-state index in [0.29, 0.717) is 9.92 Å². The zero-order chi connectivity index (χ0) is 21.2. The molecule has 2 amide bonds. The van der Waals surface area contributed by atoms with Gasteiger partial charge >= 0.3 is 6.18 Å². The molecule has 0 bridgehead atoms. The van der Waals surface area contributed by atoms with E-state index in [-0.39, 0.29) is 24.0 Å². The van der Waals surface area contributed by atoms with Gasteiger partial charge < -0.3 is 10.6 Å². The van der Waals surface area contributed by atoms with Gasteiger partial charge in [-0.2, -0.15) is 13.2 Å². The van der Waals surface area contributed by atoms with Gasteiger partial charge in [-0.1, -0.05) is 35.9 Å². The van der Waals surface area contributed by atoms with E-state index < -0.39 is 30.5 Å². The fraction of sp³-hybridized carbons (Fsp3) is 0.300. The standard InChI is InChI=1S/C20H19ClF3N3O2/c1-12(13-5-4-6-14(21)9-13)25-11-19(29)27-16-8-3-2-7-15(16)26-18(28)10-17(27)20(22,23)24/h2-9,12,17,25H,10-11H2,1H3,(H,26,28). The molecule has 2 aromatic rings. The van der Waals surface area contributed by atoms with E-state index in [2.05, 4.69) is 10.6 Å². The Morgan fingerprint density at radius 1 is 1.28 bits per heavy atom. The van der Waals surface area contributed by atoms with Crippen molar-refractivity contribution in [3.63, 3.8) is 0 Å². The summed E-state index contributed by atoms with van der Waals surface area (Å²) in [5, 5.41) is 5.89. The van der Waals surface area contributed by atoms with Crippen molar-refractivity contribution in [3.05, 3.63) is 59.1 Å². The molecule has 0 spiro atoms. The molecule has 0 saturated heterocycles. The maximum Gasteiger partial charge on any atom is 0.409 e. The summed E-state index contributed by atoms with van der Waals surface area (Å²) in [5.41, 5.74) is 0.981. The molecule has 2 atom stereocenters. The average molecular weight is 426 g/mol. The summed E-state index contributed by atoms with van der Waals surface area (Å²) in [4.78, 5) is 25.5. The van der Waals surface area contributed by atoms with Gasteiger partial charge in [0.15, 0.2) is 0 Å². The van der Waals surface area contributed by atoms with E-state index in [1.54, 1.807) is 37.3 Å². The number of hydrogen-bond acceptors (Lipinski definition) is 3. The summed E-state index contributed by atoms with van der Waals surface area (Å²) < 4.78 is 41.1. The molecule has 0 radical (unpaired) electrons. The lowest BCUT2D eigenvalue weighted by molar-refractivity contribution is -0.157. The van der Waals surface area contributed by atoms with Crippen LogP contribution in [0.25, 0.3) is 0 Å². The Morgan fingerprint density at radius 2 is 2.00 bits per heavy atom. The topological polar surface area (TPSA) is 61.4 Å². The summed E-state index contributed by atoms with van der Waals surface area (Å²) in [7, 11) is 0. The number of fused-ring (bicyclic) bond motifs is 1. The molecule has 3 rings (SSSR count). The van der Waals surface area contributed by atoms with Crippen LogP contribution in [0.2, 0.25) is 5.02 Å². The fourth-order valence-electron chi connectivity index (χ4n) is 3.22. The molecule has 154 valence electrons. The summed E-state index contributed by atoms with van der Waals surface area (Å²) in [6.07, 6.45) is -5.63. The number of rotatable bonds is 4. The minimum atomic E-state index is -4.76. The van der Waals surface area contributed by atoms with Crippen molar-refractivity contribution in [3.8, 4) is 0 Å². The largest absolute Gasteiger partial charge is 0.409 e. The normalized spacial score (nSPS) is 17.9. The smallest absolute Gasteiger partial charge is 0.324 e. The van der Waals surface area contributed by atoms with Crippen LogP contribution in [0, 0.1) is 0 Å². The minimum Gasteiger partial charge on any atom is -0.324 e. The maximum absolute atomic E-state index is 13.7. The molecule has 0 fully saturated rings. The van der Waals surface area contributed by atoms with Crippen LogP contribution in [0.3, 0.4) is 0 Å². The molecule has 2 aromatic carbocycles. The highest BCUT2D eigenvalue weighted by atomic mass is 35.5. The molecule has 0 aromatic heterocycles. The van der Waals surface area contributed by atoms with Crippen molar-refractivity contribution in [2.75, 3.05) is 16.8 Å². The second-order valence-electron chi connectivity index (χ2n) is 6.75. The molecule has 5 nitrogen and oxygen atoms in total. The van der Waals surface area contributed by atoms with Gasteiger partial charge in [-0.15, -0.1) is 0 Å². The van der Waals surface area contributed by atoms with E-state index in [1.165, 1.54) is 18.2 Å². The molecule has 1 aliphatic heterocycles. The molecule has 1 heterocycles. The molecule has 2 N–H and O–H groups in total. The predicted octanol–water partition coefficient (Wildman–Crippen LogP) is 4.30. The second-order valence-corrected chi connectivity index (χ2v) is 7.18. The van der Waals surface area contributed by atoms with Crippen LogP contribution in [0.15, 0.2) is 48.5 Å². The first-order valence-electron chi connectivity index (χ1n) is 8.93. The highest BCUT2D eigenvalue weighted by molar-refractivity contribution is 6.30. The third-order valence-corrected chi connectivity index (χ3v) is 4.92. The third-order valence-electron chi connectivity index (χ3n) is 4.68. The quantitative estimate of drug-likeness (QED) is 0.768. The fourth-order valence-corrected chi connectivity index (χ4v) is 3.41. The van der Waals surface area contributed by atoms with Crippen LogP contribution in [0.1, 0.15) is 24.9 Å².